The number of rotatable bonds is 2. The van der Waals surface area contributed by atoms with Crippen LogP contribution in [0.25, 0.3) is 38.4 Å². The van der Waals surface area contributed by atoms with Crippen LogP contribution in [0, 0.1) is 0 Å². The maximum atomic E-state index is 5.09. The standard InChI is InChI=1S/C25H22BrN3/c1-25(2,3)28-24-23(27-21-13-12-18(26)15-29(21)24)22-19-10-6-4-8-16(19)14-17-9-5-7-11-20(17)22/h4-15,28H,1-3H3. The highest BCUT2D eigenvalue weighted by atomic mass is 79.9. The molecule has 3 aromatic carbocycles. The lowest BCUT2D eigenvalue weighted by Gasteiger charge is -2.23. The first-order valence-electron chi connectivity index (χ1n) is 9.77. The Kier molecular flexibility index (Phi) is 4.14. The van der Waals surface area contributed by atoms with Gasteiger partial charge in [0.25, 0.3) is 0 Å². The second-order valence-electron chi connectivity index (χ2n) is 8.45. The van der Waals surface area contributed by atoms with Gasteiger partial charge in [0.2, 0.25) is 0 Å². The SMILES string of the molecule is CC(C)(C)Nc1c(-c2c3ccccc3cc3ccccc23)nc2ccc(Br)cn12. The summed E-state index contributed by atoms with van der Waals surface area (Å²) in [5, 5.41) is 8.58. The minimum atomic E-state index is -0.104. The van der Waals surface area contributed by atoms with Crippen LogP contribution in [0.3, 0.4) is 0 Å². The molecule has 3 nitrogen and oxygen atoms in total. The molecule has 0 aliphatic rings. The number of fused-ring (bicyclic) bond motifs is 3. The molecule has 2 aromatic heterocycles. The van der Waals surface area contributed by atoms with E-state index in [4.69, 9.17) is 4.98 Å². The molecule has 0 spiro atoms. The number of anilines is 1. The maximum absolute atomic E-state index is 5.09. The second kappa shape index (κ2) is 6.60. The normalized spacial score (nSPS) is 12.1. The lowest BCUT2D eigenvalue weighted by atomic mass is 9.94. The summed E-state index contributed by atoms with van der Waals surface area (Å²) in [7, 11) is 0. The molecule has 0 unspecified atom stereocenters. The van der Waals surface area contributed by atoms with Gasteiger partial charge in [0.1, 0.15) is 17.2 Å². The Morgan fingerprint density at radius 3 is 2.10 bits per heavy atom. The number of benzene rings is 3. The fourth-order valence-electron chi connectivity index (χ4n) is 3.94. The van der Waals surface area contributed by atoms with Crippen molar-refractivity contribution in [3.8, 4) is 11.3 Å². The third-order valence-corrected chi connectivity index (χ3v) is 5.55. The number of nitrogens with one attached hydrogen (secondary N) is 1. The van der Waals surface area contributed by atoms with Crippen LogP contribution >= 0.6 is 15.9 Å². The average Bonchev–Trinajstić information content (AvgIpc) is 3.01. The molecule has 5 aromatic rings. The van der Waals surface area contributed by atoms with Gasteiger partial charge in [0.15, 0.2) is 0 Å². The molecule has 0 saturated heterocycles. The van der Waals surface area contributed by atoms with Gasteiger partial charge in [-0.1, -0.05) is 48.5 Å². The molecule has 0 aliphatic carbocycles. The monoisotopic (exact) mass is 443 g/mol. The molecule has 0 saturated carbocycles. The van der Waals surface area contributed by atoms with E-state index in [0.29, 0.717) is 0 Å². The Labute approximate surface area is 178 Å². The largest absolute Gasteiger partial charge is 0.365 e. The predicted molar refractivity (Wildman–Crippen MR) is 127 cm³/mol. The first kappa shape index (κ1) is 18.2. The van der Waals surface area contributed by atoms with Gasteiger partial charge in [-0.25, -0.2) is 4.98 Å². The van der Waals surface area contributed by atoms with Gasteiger partial charge in [-0.2, -0.15) is 0 Å². The van der Waals surface area contributed by atoms with Crippen LogP contribution in [-0.4, -0.2) is 14.9 Å². The quantitative estimate of drug-likeness (QED) is 0.290. The summed E-state index contributed by atoms with van der Waals surface area (Å²) in [5.74, 6) is 1.01. The molecule has 0 amide bonds. The highest BCUT2D eigenvalue weighted by Crippen LogP contribution is 2.40. The highest BCUT2D eigenvalue weighted by molar-refractivity contribution is 9.10. The number of imidazole rings is 1. The van der Waals surface area contributed by atoms with E-state index in [1.54, 1.807) is 0 Å². The fourth-order valence-corrected chi connectivity index (χ4v) is 4.27. The molecule has 0 aliphatic heterocycles. The number of nitrogens with zero attached hydrogens (tertiary/aromatic N) is 2. The van der Waals surface area contributed by atoms with Crippen LogP contribution < -0.4 is 5.32 Å². The number of halogens is 1. The Morgan fingerprint density at radius 2 is 1.48 bits per heavy atom. The van der Waals surface area contributed by atoms with Crippen LogP contribution in [0.1, 0.15) is 20.8 Å². The zero-order valence-electron chi connectivity index (χ0n) is 16.7. The highest BCUT2D eigenvalue weighted by Gasteiger charge is 2.22. The van der Waals surface area contributed by atoms with Crippen molar-refractivity contribution >= 4 is 48.9 Å². The molecule has 0 bridgehead atoms. The van der Waals surface area contributed by atoms with Gasteiger partial charge in [-0.15, -0.1) is 0 Å². The predicted octanol–water partition coefficient (Wildman–Crippen LogP) is 7.28. The van der Waals surface area contributed by atoms with E-state index < -0.39 is 0 Å². The Balaban J connectivity index is 1.95. The van der Waals surface area contributed by atoms with Crippen LogP contribution in [0.5, 0.6) is 0 Å². The third-order valence-electron chi connectivity index (χ3n) is 5.08. The van der Waals surface area contributed by atoms with Crippen molar-refractivity contribution in [2.24, 2.45) is 0 Å². The molecule has 0 fully saturated rings. The van der Waals surface area contributed by atoms with Crippen LogP contribution in [0.15, 0.2) is 77.4 Å². The van der Waals surface area contributed by atoms with E-state index in [-0.39, 0.29) is 5.54 Å². The van der Waals surface area contributed by atoms with E-state index in [2.05, 4.69) is 113 Å². The van der Waals surface area contributed by atoms with E-state index in [1.807, 2.05) is 6.07 Å². The van der Waals surface area contributed by atoms with E-state index in [0.717, 1.165) is 21.6 Å². The smallest absolute Gasteiger partial charge is 0.139 e. The molecule has 5 rings (SSSR count). The zero-order chi connectivity index (χ0) is 20.2. The minimum Gasteiger partial charge on any atom is -0.365 e. The van der Waals surface area contributed by atoms with Crippen molar-refractivity contribution in [2.75, 3.05) is 5.32 Å². The van der Waals surface area contributed by atoms with Crippen LogP contribution in [-0.2, 0) is 0 Å². The van der Waals surface area contributed by atoms with Gasteiger partial charge in [-0.05, 0) is 76.4 Å². The summed E-state index contributed by atoms with van der Waals surface area (Å²) in [4.78, 5) is 5.09. The number of hydrogen-bond acceptors (Lipinski definition) is 2. The lowest BCUT2D eigenvalue weighted by molar-refractivity contribution is 0.629. The minimum absolute atomic E-state index is 0.104. The molecule has 144 valence electrons. The first-order valence-corrected chi connectivity index (χ1v) is 10.6. The Bertz CT molecular complexity index is 1320. The molecule has 0 radical (unpaired) electrons. The third kappa shape index (κ3) is 3.18. The van der Waals surface area contributed by atoms with Crippen molar-refractivity contribution in [1.29, 1.82) is 0 Å². The van der Waals surface area contributed by atoms with Gasteiger partial charge in [0, 0.05) is 21.8 Å². The van der Waals surface area contributed by atoms with Crippen molar-refractivity contribution < 1.29 is 0 Å². The topological polar surface area (TPSA) is 29.3 Å². The van der Waals surface area contributed by atoms with Crippen molar-refractivity contribution in [3.63, 3.8) is 0 Å². The first-order chi connectivity index (χ1) is 13.9. The van der Waals surface area contributed by atoms with Gasteiger partial charge in [-0.3, -0.25) is 4.40 Å². The zero-order valence-corrected chi connectivity index (χ0v) is 18.3. The van der Waals surface area contributed by atoms with E-state index in [9.17, 15) is 0 Å². The average molecular weight is 444 g/mol. The summed E-state index contributed by atoms with van der Waals surface area (Å²) < 4.78 is 3.16. The Hall–Kier alpha value is -2.85. The molecule has 1 N–H and O–H groups in total. The maximum Gasteiger partial charge on any atom is 0.139 e. The summed E-state index contributed by atoms with van der Waals surface area (Å²) in [6.45, 7) is 6.53. The van der Waals surface area contributed by atoms with Gasteiger partial charge >= 0.3 is 0 Å². The molecule has 4 heteroatoms. The molecular formula is C25H22BrN3. The van der Waals surface area contributed by atoms with E-state index >= 15 is 0 Å². The van der Waals surface area contributed by atoms with Crippen LogP contribution in [0.2, 0.25) is 0 Å². The van der Waals surface area contributed by atoms with Crippen LogP contribution in [0.4, 0.5) is 5.82 Å². The second-order valence-corrected chi connectivity index (χ2v) is 9.37. The van der Waals surface area contributed by atoms with Crippen molar-refractivity contribution in [1.82, 2.24) is 9.38 Å². The lowest BCUT2D eigenvalue weighted by Crippen LogP contribution is -2.27. The van der Waals surface area contributed by atoms with Gasteiger partial charge < -0.3 is 5.32 Å². The van der Waals surface area contributed by atoms with Gasteiger partial charge in [0.05, 0.1) is 0 Å². The summed E-state index contributed by atoms with van der Waals surface area (Å²) in [6.07, 6.45) is 2.08. The van der Waals surface area contributed by atoms with Crippen molar-refractivity contribution in [3.05, 3.63) is 77.4 Å². The Morgan fingerprint density at radius 1 is 0.862 bits per heavy atom. The number of pyridine rings is 1. The molecule has 0 atom stereocenters. The molecule has 2 heterocycles. The summed E-state index contributed by atoms with van der Waals surface area (Å²) in [5.41, 5.74) is 2.97. The summed E-state index contributed by atoms with van der Waals surface area (Å²) >= 11 is 3.61. The molecular weight excluding hydrogens is 422 g/mol. The van der Waals surface area contributed by atoms with Crippen molar-refractivity contribution in [2.45, 2.75) is 26.3 Å². The molecule has 29 heavy (non-hydrogen) atoms. The number of aromatic nitrogens is 2. The van der Waals surface area contributed by atoms with E-state index in [1.165, 1.54) is 27.1 Å². The summed E-state index contributed by atoms with van der Waals surface area (Å²) in [6, 6.07) is 23.5. The fraction of sp³-hybridized carbons (Fsp3) is 0.160. The number of hydrogen-bond donors (Lipinski definition) is 1.